The fourth-order valence-electron chi connectivity index (χ4n) is 2.58. The lowest BCUT2D eigenvalue weighted by Gasteiger charge is -2.38. The summed E-state index contributed by atoms with van der Waals surface area (Å²) in [4.78, 5) is 26.6. The average molecular weight is 307 g/mol. The summed E-state index contributed by atoms with van der Waals surface area (Å²) in [5, 5.41) is 2.83. The molecule has 2 atom stereocenters. The van der Waals surface area contributed by atoms with Crippen LogP contribution in [0.3, 0.4) is 0 Å². The molecule has 1 aliphatic rings. The molecule has 1 aromatic carbocycles. The predicted octanol–water partition coefficient (Wildman–Crippen LogP) is 2.61. The van der Waals surface area contributed by atoms with Crippen LogP contribution in [0.1, 0.15) is 31.4 Å². The van der Waals surface area contributed by atoms with E-state index < -0.39 is 12.1 Å². The van der Waals surface area contributed by atoms with Gasteiger partial charge in [-0.05, 0) is 12.0 Å². The van der Waals surface area contributed by atoms with Crippen molar-refractivity contribution in [1.82, 2.24) is 10.2 Å². The molecule has 2 amide bonds. The molecule has 0 saturated carbocycles. The Morgan fingerprint density at radius 1 is 1.29 bits per heavy atom. The zero-order valence-corrected chi connectivity index (χ0v) is 12.7. The van der Waals surface area contributed by atoms with Crippen molar-refractivity contribution in [2.24, 2.45) is 0 Å². The minimum Gasteiger partial charge on any atom is -0.342 e. The summed E-state index contributed by atoms with van der Waals surface area (Å²) in [6.45, 7) is 2.32. The van der Waals surface area contributed by atoms with Crippen LogP contribution in [0.2, 0.25) is 0 Å². The molecule has 0 aromatic heterocycles. The van der Waals surface area contributed by atoms with Gasteiger partial charge in [0.25, 0.3) is 0 Å². The van der Waals surface area contributed by atoms with Gasteiger partial charge in [0.05, 0.1) is 0 Å². The van der Waals surface area contributed by atoms with Crippen LogP contribution in [0.15, 0.2) is 41.9 Å². The standard InChI is InChI=1S/C16H19ClN2O2/c1-2-7-13-16(21)19(11-6-10-17)14(15(20)18-13)12-8-4-3-5-9-12/h3-6,8-10,13-14H,2,7,11H2,1H3,(H,18,20)/b10-6+. The van der Waals surface area contributed by atoms with Crippen LogP contribution in [-0.4, -0.2) is 29.3 Å². The van der Waals surface area contributed by atoms with E-state index in [4.69, 9.17) is 11.6 Å². The number of nitrogens with zero attached hydrogens (tertiary/aromatic N) is 1. The van der Waals surface area contributed by atoms with E-state index in [2.05, 4.69) is 5.32 Å². The van der Waals surface area contributed by atoms with E-state index in [1.807, 2.05) is 37.3 Å². The summed E-state index contributed by atoms with van der Waals surface area (Å²) in [6, 6.07) is 8.28. The Morgan fingerprint density at radius 3 is 2.62 bits per heavy atom. The molecule has 1 aromatic rings. The van der Waals surface area contributed by atoms with Crippen LogP contribution in [0.4, 0.5) is 0 Å². The van der Waals surface area contributed by atoms with E-state index in [1.54, 1.807) is 11.0 Å². The van der Waals surface area contributed by atoms with Crippen molar-refractivity contribution in [2.75, 3.05) is 6.54 Å². The van der Waals surface area contributed by atoms with Crippen molar-refractivity contribution in [2.45, 2.75) is 31.8 Å². The highest BCUT2D eigenvalue weighted by molar-refractivity contribution is 6.25. The van der Waals surface area contributed by atoms with Gasteiger partial charge in [0, 0.05) is 12.1 Å². The van der Waals surface area contributed by atoms with E-state index in [0.717, 1.165) is 12.0 Å². The molecule has 4 nitrogen and oxygen atoms in total. The van der Waals surface area contributed by atoms with E-state index in [0.29, 0.717) is 13.0 Å². The zero-order valence-electron chi connectivity index (χ0n) is 12.0. The summed E-state index contributed by atoms with van der Waals surface area (Å²) < 4.78 is 0. The SMILES string of the molecule is CCCC1NC(=O)C(c2ccccc2)N(C/C=C/Cl)C1=O. The molecule has 1 heterocycles. The molecule has 0 radical (unpaired) electrons. The third kappa shape index (κ3) is 3.45. The molecule has 1 saturated heterocycles. The van der Waals surface area contributed by atoms with Crippen molar-refractivity contribution in [3.05, 3.63) is 47.5 Å². The van der Waals surface area contributed by atoms with Crippen LogP contribution in [0, 0.1) is 0 Å². The van der Waals surface area contributed by atoms with E-state index in [1.165, 1.54) is 5.54 Å². The highest BCUT2D eigenvalue weighted by Crippen LogP contribution is 2.26. The third-order valence-corrected chi connectivity index (χ3v) is 3.72. The molecule has 1 N–H and O–H groups in total. The Balaban J connectivity index is 2.32. The number of amides is 2. The summed E-state index contributed by atoms with van der Waals surface area (Å²) >= 11 is 5.58. The van der Waals surface area contributed by atoms with Gasteiger partial charge >= 0.3 is 0 Å². The van der Waals surface area contributed by atoms with E-state index in [-0.39, 0.29) is 11.8 Å². The van der Waals surface area contributed by atoms with Gasteiger partial charge in [-0.25, -0.2) is 0 Å². The van der Waals surface area contributed by atoms with Gasteiger partial charge in [-0.15, -0.1) is 0 Å². The quantitative estimate of drug-likeness (QED) is 0.909. The van der Waals surface area contributed by atoms with Gasteiger partial charge in [-0.2, -0.15) is 0 Å². The van der Waals surface area contributed by atoms with Crippen molar-refractivity contribution in [3.63, 3.8) is 0 Å². The first-order chi connectivity index (χ1) is 10.2. The summed E-state index contributed by atoms with van der Waals surface area (Å²) in [6.07, 6.45) is 3.16. The maximum absolute atomic E-state index is 12.6. The molecule has 0 aliphatic carbocycles. The minimum atomic E-state index is -0.598. The van der Waals surface area contributed by atoms with Crippen LogP contribution in [-0.2, 0) is 9.59 Å². The lowest BCUT2D eigenvalue weighted by Crippen LogP contribution is -2.59. The number of carbonyl (C=O) groups is 2. The second-order valence-corrected chi connectivity index (χ2v) is 5.27. The molecule has 0 spiro atoms. The number of carbonyl (C=O) groups excluding carboxylic acids is 2. The zero-order chi connectivity index (χ0) is 15.2. The number of hydrogen-bond donors (Lipinski definition) is 1. The third-order valence-electron chi connectivity index (χ3n) is 3.54. The maximum Gasteiger partial charge on any atom is 0.248 e. The second-order valence-electron chi connectivity index (χ2n) is 5.02. The van der Waals surface area contributed by atoms with Crippen LogP contribution in [0.25, 0.3) is 0 Å². The van der Waals surface area contributed by atoms with E-state index in [9.17, 15) is 9.59 Å². The molecule has 2 rings (SSSR count). The molecule has 1 aliphatic heterocycles. The fraction of sp³-hybridized carbons (Fsp3) is 0.375. The maximum atomic E-state index is 12.6. The number of hydrogen-bond acceptors (Lipinski definition) is 2. The molecular weight excluding hydrogens is 288 g/mol. The van der Waals surface area contributed by atoms with Gasteiger partial charge in [0.2, 0.25) is 11.8 Å². The topological polar surface area (TPSA) is 49.4 Å². The largest absolute Gasteiger partial charge is 0.342 e. The first-order valence-electron chi connectivity index (χ1n) is 7.10. The van der Waals surface area contributed by atoms with Crippen molar-refractivity contribution in [1.29, 1.82) is 0 Å². The molecule has 5 heteroatoms. The molecular formula is C16H19ClN2O2. The van der Waals surface area contributed by atoms with Gasteiger partial charge in [0.15, 0.2) is 0 Å². The Morgan fingerprint density at radius 2 is 2.00 bits per heavy atom. The van der Waals surface area contributed by atoms with Gasteiger partial charge < -0.3 is 10.2 Å². The van der Waals surface area contributed by atoms with Crippen LogP contribution in [0.5, 0.6) is 0 Å². The number of piperazine rings is 1. The Kier molecular flexibility index (Phi) is 5.39. The Bertz CT molecular complexity index is 530. The summed E-state index contributed by atoms with van der Waals surface area (Å²) in [7, 11) is 0. The molecule has 1 fully saturated rings. The molecule has 21 heavy (non-hydrogen) atoms. The van der Waals surface area contributed by atoms with Crippen molar-refractivity contribution < 1.29 is 9.59 Å². The van der Waals surface area contributed by atoms with Crippen molar-refractivity contribution >= 4 is 23.4 Å². The molecule has 112 valence electrons. The van der Waals surface area contributed by atoms with Crippen molar-refractivity contribution in [3.8, 4) is 0 Å². The number of halogens is 1. The number of rotatable bonds is 5. The Labute approximate surface area is 129 Å². The minimum absolute atomic E-state index is 0.0555. The smallest absolute Gasteiger partial charge is 0.248 e. The predicted molar refractivity (Wildman–Crippen MR) is 82.7 cm³/mol. The van der Waals surface area contributed by atoms with Crippen LogP contribution >= 0.6 is 11.6 Å². The molecule has 0 bridgehead atoms. The molecule has 2 unspecified atom stereocenters. The van der Waals surface area contributed by atoms with Gasteiger partial charge in [-0.1, -0.05) is 61.4 Å². The second kappa shape index (κ2) is 7.27. The average Bonchev–Trinajstić information content (AvgIpc) is 2.50. The highest BCUT2D eigenvalue weighted by atomic mass is 35.5. The summed E-state index contributed by atoms with van der Waals surface area (Å²) in [5.74, 6) is -0.192. The lowest BCUT2D eigenvalue weighted by atomic mass is 9.98. The van der Waals surface area contributed by atoms with E-state index >= 15 is 0 Å². The number of nitrogens with one attached hydrogen (secondary N) is 1. The normalized spacial score (nSPS) is 22.7. The first-order valence-corrected chi connectivity index (χ1v) is 7.53. The first kappa shape index (κ1) is 15.6. The fourth-order valence-corrected chi connectivity index (χ4v) is 2.66. The Hall–Kier alpha value is -1.81. The highest BCUT2D eigenvalue weighted by Gasteiger charge is 2.40. The monoisotopic (exact) mass is 306 g/mol. The van der Waals surface area contributed by atoms with Gasteiger partial charge in [-0.3, -0.25) is 9.59 Å². The van der Waals surface area contributed by atoms with Gasteiger partial charge in [0.1, 0.15) is 12.1 Å². The van der Waals surface area contributed by atoms with Crippen LogP contribution < -0.4 is 5.32 Å². The lowest BCUT2D eigenvalue weighted by molar-refractivity contribution is -0.149. The number of benzene rings is 1. The summed E-state index contributed by atoms with van der Waals surface area (Å²) in [5.41, 5.74) is 2.18.